The van der Waals surface area contributed by atoms with Crippen LogP contribution in [0.15, 0.2) is 18.2 Å². The zero-order valence-electron chi connectivity index (χ0n) is 12.7. The average Bonchev–Trinajstić information content (AvgIpc) is 3.35. The van der Waals surface area contributed by atoms with Crippen molar-refractivity contribution in [1.82, 2.24) is 9.80 Å². The molecule has 1 saturated carbocycles. The van der Waals surface area contributed by atoms with E-state index in [0.717, 1.165) is 12.1 Å². The minimum Gasteiger partial charge on any atom is -0.481 e. The fourth-order valence-corrected chi connectivity index (χ4v) is 2.97. The second-order valence-electron chi connectivity index (χ2n) is 6.00. The monoisotopic (exact) mass is 338 g/mol. The molecule has 128 valence electrons. The molecule has 6 nitrogen and oxygen atoms in total. The van der Waals surface area contributed by atoms with Gasteiger partial charge in [-0.05, 0) is 18.6 Å². The maximum absolute atomic E-state index is 13.7. The maximum atomic E-state index is 13.7. The Balaban J connectivity index is 1.60. The van der Waals surface area contributed by atoms with Crippen LogP contribution in [-0.2, 0) is 9.59 Å². The Morgan fingerprint density at radius 1 is 0.958 bits per heavy atom. The zero-order chi connectivity index (χ0) is 17.4. The van der Waals surface area contributed by atoms with Crippen molar-refractivity contribution in [3.63, 3.8) is 0 Å². The molecule has 1 aliphatic heterocycles. The van der Waals surface area contributed by atoms with Gasteiger partial charge >= 0.3 is 5.97 Å². The summed E-state index contributed by atoms with van der Waals surface area (Å²) >= 11 is 0. The van der Waals surface area contributed by atoms with Crippen LogP contribution in [0.3, 0.4) is 0 Å². The fraction of sp³-hybridized carbons (Fsp3) is 0.438. The highest BCUT2D eigenvalue weighted by atomic mass is 19.1. The number of nitrogens with zero attached hydrogens (tertiary/aromatic N) is 2. The number of aliphatic carboxylic acids is 1. The summed E-state index contributed by atoms with van der Waals surface area (Å²) in [4.78, 5) is 38.1. The van der Waals surface area contributed by atoms with Crippen molar-refractivity contribution in [1.29, 1.82) is 0 Å². The molecular formula is C16H16F2N2O4. The normalized spacial score (nSPS) is 23.1. The topological polar surface area (TPSA) is 77.9 Å². The highest BCUT2D eigenvalue weighted by Crippen LogP contribution is 2.40. The lowest BCUT2D eigenvalue weighted by Crippen LogP contribution is -2.51. The highest BCUT2D eigenvalue weighted by molar-refractivity contribution is 5.95. The van der Waals surface area contributed by atoms with E-state index in [1.165, 1.54) is 15.9 Å². The van der Waals surface area contributed by atoms with Gasteiger partial charge in [0, 0.05) is 26.2 Å². The van der Waals surface area contributed by atoms with Gasteiger partial charge in [-0.25, -0.2) is 8.78 Å². The predicted molar refractivity (Wildman–Crippen MR) is 78.1 cm³/mol. The first kappa shape index (κ1) is 16.4. The summed E-state index contributed by atoms with van der Waals surface area (Å²) in [5.74, 6) is -4.89. The second-order valence-corrected chi connectivity index (χ2v) is 6.00. The molecule has 2 amide bonds. The van der Waals surface area contributed by atoms with E-state index in [4.69, 9.17) is 5.11 Å². The van der Waals surface area contributed by atoms with Crippen LogP contribution >= 0.6 is 0 Å². The van der Waals surface area contributed by atoms with E-state index in [9.17, 15) is 23.2 Å². The third kappa shape index (κ3) is 2.95. The van der Waals surface area contributed by atoms with Crippen molar-refractivity contribution in [3.05, 3.63) is 35.4 Å². The summed E-state index contributed by atoms with van der Waals surface area (Å²) in [6.07, 6.45) is 0.341. The Labute approximate surface area is 136 Å². The van der Waals surface area contributed by atoms with Crippen molar-refractivity contribution in [2.24, 2.45) is 11.8 Å². The van der Waals surface area contributed by atoms with Crippen molar-refractivity contribution in [2.75, 3.05) is 26.2 Å². The van der Waals surface area contributed by atoms with Gasteiger partial charge in [0.1, 0.15) is 17.2 Å². The van der Waals surface area contributed by atoms with E-state index in [1.54, 1.807) is 0 Å². The molecule has 24 heavy (non-hydrogen) atoms. The Morgan fingerprint density at radius 2 is 1.50 bits per heavy atom. The zero-order valence-corrected chi connectivity index (χ0v) is 12.7. The van der Waals surface area contributed by atoms with Gasteiger partial charge in [0.05, 0.1) is 11.8 Å². The standard InChI is InChI=1S/C16H16F2N2O4/c17-11-2-1-3-12(18)13(11)15(22)20-6-4-19(5-7-20)14(21)9-8-10(9)16(23)24/h1-3,9-10H,4-8H2,(H,23,24). The molecule has 1 saturated heterocycles. The van der Waals surface area contributed by atoms with Crippen LogP contribution in [0, 0.1) is 23.5 Å². The summed E-state index contributed by atoms with van der Waals surface area (Å²) in [7, 11) is 0. The Morgan fingerprint density at radius 3 is 2.00 bits per heavy atom. The summed E-state index contributed by atoms with van der Waals surface area (Å²) < 4.78 is 27.4. The van der Waals surface area contributed by atoms with Gasteiger partial charge in [0.15, 0.2) is 0 Å². The Hall–Kier alpha value is -2.51. The summed E-state index contributed by atoms with van der Waals surface area (Å²) in [6, 6.07) is 3.23. The van der Waals surface area contributed by atoms with E-state index in [2.05, 4.69) is 0 Å². The maximum Gasteiger partial charge on any atom is 0.307 e. The van der Waals surface area contributed by atoms with Gasteiger partial charge in [-0.15, -0.1) is 0 Å². The second kappa shape index (κ2) is 6.18. The summed E-state index contributed by atoms with van der Waals surface area (Å²) in [5, 5.41) is 8.87. The third-order valence-electron chi connectivity index (χ3n) is 4.48. The molecular weight excluding hydrogens is 322 g/mol. The van der Waals surface area contributed by atoms with Gasteiger partial charge in [-0.2, -0.15) is 0 Å². The number of rotatable bonds is 3. The van der Waals surface area contributed by atoms with Crippen molar-refractivity contribution < 1.29 is 28.3 Å². The van der Waals surface area contributed by atoms with Gasteiger partial charge in [0.2, 0.25) is 5.91 Å². The molecule has 0 radical (unpaired) electrons. The van der Waals surface area contributed by atoms with E-state index in [1.807, 2.05) is 0 Å². The molecule has 1 aromatic rings. The van der Waals surface area contributed by atoms with Crippen LogP contribution in [0.2, 0.25) is 0 Å². The van der Waals surface area contributed by atoms with Crippen LogP contribution in [0.5, 0.6) is 0 Å². The molecule has 1 aliphatic carbocycles. The van der Waals surface area contributed by atoms with Crippen LogP contribution in [0.1, 0.15) is 16.8 Å². The predicted octanol–water partition coefficient (Wildman–Crippen LogP) is 0.970. The molecule has 8 heteroatoms. The van der Waals surface area contributed by atoms with Crippen molar-refractivity contribution >= 4 is 17.8 Å². The Kier molecular flexibility index (Phi) is 4.21. The first-order valence-electron chi connectivity index (χ1n) is 7.65. The third-order valence-corrected chi connectivity index (χ3v) is 4.48. The molecule has 2 aliphatic rings. The van der Waals surface area contributed by atoms with Crippen LogP contribution in [0.25, 0.3) is 0 Å². The molecule has 0 aromatic heterocycles. The van der Waals surface area contributed by atoms with Crippen molar-refractivity contribution in [2.45, 2.75) is 6.42 Å². The largest absolute Gasteiger partial charge is 0.481 e. The van der Waals surface area contributed by atoms with E-state index >= 15 is 0 Å². The molecule has 2 unspecified atom stereocenters. The minimum atomic E-state index is -0.975. The van der Waals surface area contributed by atoms with Crippen LogP contribution < -0.4 is 0 Å². The number of carbonyl (C=O) groups is 3. The lowest BCUT2D eigenvalue weighted by atomic mass is 10.1. The highest BCUT2D eigenvalue weighted by Gasteiger charge is 2.50. The number of carboxylic acids is 1. The molecule has 0 bridgehead atoms. The number of halogens is 2. The van der Waals surface area contributed by atoms with E-state index < -0.39 is 40.9 Å². The van der Waals surface area contributed by atoms with Crippen LogP contribution in [0.4, 0.5) is 8.78 Å². The van der Waals surface area contributed by atoms with Gasteiger partial charge < -0.3 is 14.9 Å². The van der Waals surface area contributed by atoms with E-state index in [0.29, 0.717) is 6.42 Å². The quantitative estimate of drug-likeness (QED) is 0.891. The number of hydrogen-bond acceptors (Lipinski definition) is 3. The SMILES string of the molecule is O=C(O)C1CC1C(=O)N1CCN(C(=O)c2c(F)cccc2F)CC1. The number of hydrogen-bond donors (Lipinski definition) is 1. The average molecular weight is 338 g/mol. The van der Waals surface area contributed by atoms with Gasteiger partial charge in [0.25, 0.3) is 5.91 Å². The number of amides is 2. The van der Waals surface area contributed by atoms with Gasteiger partial charge in [-0.1, -0.05) is 6.07 Å². The molecule has 1 heterocycles. The molecule has 1 N–H and O–H groups in total. The molecule has 1 aromatic carbocycles. The molecule has 0 spiro atoms. The number of piperazine rings is 1. The fourth-order valence-electron chi connectivity index (χ4n) is 2.97. The molecule has 3 rings (SSSR count). The minimum absolute atomic E-state index is 0.156. The number of benzene rings is 1. The smallest absolute Gasteiger partial charge is 0.307 e. The first-order chi connectivity index (χ1) is 11.4. The van der Waals surface area contributed by atoms with E-state index in [-0.39, 0.29) is 32.1 Å². The molecule has 2 atom stereocenters. The lowest BCUT2D eigenvalue weighted by molar-refractivity contribution is -0.142. The summed E-state index contributed by atoms with van der Waals surface area (Å²) in [5.41, 5.74) is -0.592. The number of carbonyl (C=O) groups excluding carboxylic acids is 2. The van der Waals surface area contributed by atoms with Crippen molar-refractivity contribution in [3.8, 4) is 0 Å². The van der Waals surface area contributed by atoms with Gasteiger partial charge in [-0.3, -0.25) is 14.4 Å². The van der Waals surface area contributed by atoms with Crippen LogP contribution in [-0.4, -0.2) is 58.9 Å². The summed E-state index contributed by atoms with van der Waals surface area (Å²) in [6.45, 7) is 0.762. The molecule has 2 fully saturated rings. The first-order valence-corrected chi connectivity index (χ1v) is 7.65. The number of carboxylic acid groups (broad SMARTS) is 1. The lowest BCUT2D eigenvalue weighted by Gasteiger charge is -2.35. The Bertz CT molecular complexity index is 681.